The summed E-state index contributed by atoms with van der Waals surface area (Å²) in [6.45, 7) is 4.42. The summed E-state index contributed by atoms with van der Waals surface area (Å²) < 4.78 is 1.77. The molecule has 1 aromatic carbocycles. The van der Waals surface area contributed by atoms with Crippen LogP contribution >= 0.6 is 0 Å². The molecule has 3 rings (SSSR count). The molecule has 1 saturated heterocycles. The Morgan fingerprint density at radius 1 is 1.42 bits per heavy atom. The fraction of sp³-hybridized carbons (Fsp3) is 0.429. The maximum Gasteiger partial charge on any atom is 0.275 e. The van der Waals surface area contributed by atoms with Gasteiger partial charge in [0, 0.05) is 38.1 Å². The van der Waals surface area contributed by atoms with Gasteiger partial charge in [0.1, 0.15) is 0 Å². The average molecular weight is 258 g/mol. The third kappa shape index (κ3) is 2.10. The van der Waals surface area contributed by atoms with E-state index in [0.717, 1.165) is 30.5 Å². The number of fused-ring (bicyclic) bond motifs is 1. The third-order valence-electron chi connectivity index (χ3n) is 3.62. The zero-order chi connectivity index (χ0) is 13.4. The van der Waals surface area contributed by atoms with Crippen molar-refractivity contribution in [1.82, 2.24) is 20.0 Å². The number of aryl methyl sites for hydroxylation is 1. The molecule has 100 valence electrons. The van der Waals surface area contributed by atoms with Gasteiger partial charge in [-0.2, -0.15) is 5.10 Å². The summed E-state index contributed by atoms with van der Waals surface area (Å²) in [7, 11) is 1.87. The number of nitrogens with one attached hydrogen (secondary N) is 1. The van der Waals surface area contributed by atoms with Crippen molar-refractivity contribution in [2.75, 3.05) is 19.6 Å². The number of carbonyl (C=O) groups is 1. The van der Waals surface area contributed by atoms with Gasteiger partial charge < -0.3 is 10.2 Å². The lowest BCUT2D eigenvalue weighted by Gasteiger charge is -2.31. The van der Waals surface area contributed by atoms with Crippen LogP contribution in [0.2, 0.25) is 0 Å². The topological polar surface area (TPSA) is 50.2 Å². The SMILES string of the molecule is CC1CN(C(=O)c2nn(C)c3ccccc23)CCN1. The maximum absolute atomic E-state index is 12.6. The normalized spacial score (nSPS) is 19.9. The quantitative estimate of drug-likeness (QED) is 0.830. The molecule has 1 aliphatic heterocycles. The monoisotopic (exact) mass is 258 g/mol. The molecule has 0 bridgehead atoms. The molecule has 2 aromatic rings. The van der Waals surface area contributed by atoms with Crippen LogP contribution in [0.1, 0.15) is 17.4 Å². The third-order valence-corrected chi connectivity index (χ3v) is 3.62. The standard InChI is InChI=1S/C14H18N4O/c1-10-9-18(8-7-15-10)14(19)13-11-5-3-4-6-12(11)17(2)16-13/h3-6,10,15H,7-9H2,1-2H3. The summed E-state index contributed by atoms with van der Waals surface area (Å²) in [5, 5.41) is 8.67. The maximum atomic E-state index is 12.6. The van der Waals surface area contributed by atoms with Crippen molar-refractivity contribution in [1.29, 1.82) is 0 Å². The first kappa shape index (κ1) is 12.2. The minimum Gasteiger partial charge on any atom is -0.334 e. The molecule has 5 nitrogen and oxygen atoms in total. The lowest BCUT2D eigenvalue weighted by Crippen LogP contribution is -2.51. The highest BCUT2D eigenvalue weighted by atomic mass is 16.2. The molecule has 0 spiro atoms. The van der Waals surface area contributed by atoms with E-state index < -0.39 is 0 Å². The van der Waals surface area contributed by atoms with E-state index >= 15 is 0 Å². The van der Waals surface area contributed by atoms with E-state index in [0.29, 0.717) is 11.7 Å². The minimum absolute atomic E-state index is 0.0325. The van der Waals surface area contributed by atoms with Crippen LogP contribution in [0, 0.1) is 0 Å². The highest BCUT2D eigenvalue weighted by molar-refractivity contribution is 6.04. The summed E-state index contributed by atoms with van der Waals surface area (Å²) in [5.74, 6) is 0.0325. The lowest BCUT2D eigenvalue weighted by atomic mass is 10.1. The Morgan fingerprint density at radius 2 is 2.21 bits per heavy atom. The van der Waals surface area contributed by atoms with Crippen LogP contribution in [0.3, 0.4) is 0 Å². The molecular weight excluding hydrogens is 240 g/mol. The van der Waals surface area contributed by atoms with Crippen molar-refractivity contribution in [3.8, 4) is 0 Å². The number of benzene rings is 1. The molecule has 0 radical (unpaired) electrons. The smallest absolute Gasteiger partial charge is 0.275 e. The summed E-state index contributed by atoms with van der Waals surface area (Å²) in [5.41, 5.74) is 1.56. The number of aromatic nitrogens is 2. The number of piperazine rings is 1. The first-order valence-electron chi connectivity index (χ1n) is 6.61. The zero-order valence-electron chi connectivity index (χ0n) is 11.3. The Morgan fingerprint density at radius 3 is 3.00 bits per heavy atom. The van der Waals surface area contributed by atoms with Crippen LogP contribution < -0.4 is 5.32 Å². The molecule has 5 heteroatoms. The van der Waals surface area contributed by atoms with Crippen molar-refractivity contribution >= 4 is 16.8 Å². The largest absolute Gasteiger partial charge is 0.334 e. The predicted octanol–water partition coefficient (Wildman–Crippen LogP) is 1.01. The summed E-state index contributed by atoms with van der Waals surface area (Å²) in [4.78, 5) is 14.5. The molecule has 1 aromatic heterocycles. The van der Waals surface area contributed by atoms with Gasteiger partial charge in [-0.1, -0.05) is 18.2 Å². The molecule has 1 N–H and O–H groups in total. The summed E-state index contributed by atoms with van der Waals surface area (Å²) in [6, 6.07) is 8.19. The number of carbonyl (C=O) groups excluding carboxylic acids is 1. The van der Waals surface area contributed by atoms with Crippen molar-refractivity contribution in [2.45, 2.75) is 13.0 Å². The molecule has 19 heavy (non-hydrogen) atoms. The van der Waals surface area contributed by atoms with Gasteiger partial charge in [0.15, 0.2) is 5.69 Å². The van der Waals surface area contributed by atoms with Crippen molar-refractivity contribution < 1.29 is 4.79 Å². The van der Waals surface area contributed by atoms with E-state index in [2.05, 4.69) is 17.3 Å². The Balaban J connectivity index is 1.97. The second-order valence-corrected chi connectivity index (χ2v) is 5.10. The van der Waals surface area contributed by atoms with E-state index in [4.69, 9.17) is 0 Å². The van der Waals surface area contributed by atoms with Crippen LogP contribution in [0.4, 0.5) is 0 Å². The average Bonchev–Trinajstić information content (AvgIpc) is 2.76. The first-order chi connectivity index (χ1) is 9.16. The van der Waals surface area contributed by atoms with Crippen molar-refractivity contribution in [3.05, 3.63) is 30.0 Å². The molecule has 1 aliphatic rings. The zero-order valence-corrected chi connectivity index (χ0v) is 11.3. The first-order valence-corrected chi connectivity index (χ1v) is 6.61. The molecule has 1 atom stereocenters. The van der Waals surface area contributed by atoms with E-state index in [-0.39, 0.29) is 5.91 Å². The van der Waals surface area contributed by atoms with Gasteiger partial charge in [0.2, 0.25) is 0 Å². The molecule has 0 saturated carbocycles. The van der Waals surface area contributed by atoms with E-state index in [1.165, 1.54) is 0 Å². The van der Waals surface area contributed by atoms with Crippen molar-refractivity contribution in [2.24, 2.45) is 7.05 Å². The molecule has 1 fully saturated rings. The van der Waals surface area contributed by atoms with Crippen LogP contribution in [-0.2, 0) is 7.05 Å². The molecular formula is C14H18N4O. The number of rotatable bonds is 1. The van der Waals surface area contributed by atoms with Gasteiger partial charge in [-0.25, -0.2) is 0 Å². The van der Waals surface area contributed by atoms with Gasteiger partial charge in [0.05, 0.1) is 5.52 Å². The number of nitrogens with zero attached hydrogens (tertiary/aromatic N) is 3. The number of hydrogen-bond donors (Lipinski definition) is 1. The number of amides is 1. The van der Waals surface area contributed by atoms with E-state index in [1.807, 2.05) is 36.2 Å². The second kappa shape index (κ2) is 4.66. The number of para-hydroxylation sites is 1. The van der Waals surface area contributed by atoms with E-state index in [9.17, 15) is 4.79 Å². The Hall–Kier alpha value is -1.88. The highest BCUT2D eigenvalue weighted by Crippen LogP contribution is 2.19. The summed E-state index contributed by atoms with van der Waals surface area (Å²) >= 11 is 0. The van der Waals surface area contributed by atoms with Crippen LogP contribution in [0.5, 0.6) is 0 Å². The molecule has 2 heterocycles. The number of hydrogen-bond acceptors (Lipinski definition) is 3. The Kier molecular flexibility index (Phi) is 2.98. The molecule has 0 aliphatic carbocycles. The van der Waals surface area contributed by atoms with Gasteiger partial charge in [-0.3, -0.25) is 9.48 Å². The fourth-order valence-corrected chi connectivity index (χ4v) is 2.64. The Bertz CT molecular complexity index is 619. The molecule has 1 unspecified atom stereocenters. The van der Waals surface area contributed by atoms with Crippen LogP contribution in [0.15, 0.2) is 24.3 Å². The van der Waals surface area contributed by atoms with Crippen LogP contribution in [-0.4, -0.2) is 46.3 Å². The van der Waals surface area contributed by atoms with E-state index in [1.54, 1.807) is 4.68 Å². The second-order valence-electron chi connectivity index (χ2n) is 5.10. The van der Waals surface area contributed by atoms with Crippen molar-refractivity contribution in [3.63, 3.8) is 0 Å². The van der Waals surface area contributed by atoms with Crippen LogP contribution in [0.25, 0.3) is 10.9 Å². The van der Waals surface area contributed by atoms with Gasteiger partial charge in [-0.05, 0) is 13.0 Å². The van der Waals surface area contributed by atoms with Gasteiger partial charge in [0.25, 0.3) is 5.91 Å². The summed E-state index contributed by atoms with van der Waals surface area (Å²) in [6.07, 6.45) is 0. The van der Waals surface area contributed by atoms with Gasteiger partial charge >= 0.3 is 0 Å². The minimum atomic E-state index is 0.0325. The highest BCUT2D eigenvalue weighted by Gasteiger charge is 2.25. The fourth-order valence-electron chi connectivity index (χ4n) is 2.64. The lowest BCUT2D eigenvalue weighted by molar-refractivity contribution is 0.0704. The Labute approximate surface area is 112 Å². The molecule has 1 amide bonds. The predicted molar refractivity (Wildman–Crippen MR) is 74.1 cm³/mol. The van der Waals surface area contributed by atoms with Gasteiger partial charge in [-0.15, -0.1) is 0 Å².